The average Bonchev–Trinajstić information content (AvgIpc) is 2.32. The molecule has 0 atom stereocenters. The van der Waals surface area contributed by atoms with Gasteiger partial charge in [-0.05, 0) is 44.9 Å². The summed E-state index contributed by atoms with van der Waals surface area (Å²) in [6.07, 6.45) is 0. The minimum absolute atomic E-state index is 0.0375. The fourth-order valence-electron chi connectivity index (χ4n) is 2.05. The summed E-state index contributed by atoms with van der Waals surface area (Å²) in [5, 5.41) is 2.67. The monoisotopic (exact) mass is 313 g/mol. The number of likely N-dealkylation sites (N-methyl/N-ethyl adjacent to an activating group) is 1. The van der Waals surface area contributed by atoms with Crippen LogP contribution in [0, 0.1) is 13.8 Å². The zero-order valence-corrected chi connectivity index (χ0v) is 13.9. The lowest BCUT2D eigenvalue weighted by molar-refractivity contribution is -0.121. The lowest BCUT2D eigenvalue weighted by atomic mass is 10.1. The van der Waals surface area contributed by atoms with Gasteiger partial charge in [-0.15, -0.1) is 0 Å². The molecule has 0 aliphatic carbocycles. The van der Waals surface area contributed by atoms with Crippen LogP contribution in [0.3, 0.4) is 0 Å². The number of carbonyl (C=O) groups is 1. The number of nitrogens with zero attached hydrogens (tertiary/aromatic N) is 1. The maximum Gasteiger partial charge on any atom is 0.243 e. The highest BCUT2D eigenvalue weighted by Gasteiger charge is 2.27. The Morgan fingerprint density at radius 1 is 1.33 bits per heavy atom. The van der Waals surface area contributed by atoms with Gasteiger partial charge in [0.05, 0.1) is 11.4 Å². The molecule has 1 aromatic rings. The van der Waals surface area contributed by atoms with Crippen molar-refractivity contribution in [1.29, 1.82) is 0 Å². The van der Waals surface area contributed by atoms with Crippen LogP contribution in [0.5, 0.6) is 0 Å². The lowest BCUT2D eigenvalue weighted by Crippen LogP contribution is -2.41. The van der Waals surface area contributed by atoms with Gasteiger partial charge >= 0.3 is 0 Å². The molecule has 21 heavy (non-hydrogen) atoms. The zero-order valence-electron chi connectivity index (χ0n) is 13.1. The summed E-state index contributed by atoms with van der Waals surface area (Å²) in [4.78, 5) is 11.9. The van der Waals surface area contributed by atoms with E-state index >= 15 is 0 Å². The van der Waals surface area contributed by atoms with Gasteiger partial charge in [0.2, 0.25) is 15.9 Å². The smallest absolute Gasteiger partial charge is 0.243 e. The number of carbonyl (C=O) groups excluding carboxylic acids is 1. The van der Waals surface area contributed by atoms with Crippen LogP contribution >= 0.6 is 0 Å². The Balaban J connectivity index is 3.12. The first-order valence-electron chi connectivity index (χ1n) is 6.68. The van der Waals surface area contributed by atoms with Gasteiger partial charge in [0.1, 0.15) is 0 Å². The van der Waals surface area contributed by atoms with Crippen LogP contribution in [-0.4, -0.2) is 38.3 Å². The van der Waals surface area contributed by atoms with E-state index in [0.717, 1.165) is 4.31 Å². The first-order chi connectivity index (χ1) is 9.57. The standard InChI is InChI=1S/C14H23N3O3S/c1-9(2)16-13(18)8-17(5)21(19,20)14-10(3)6-7-12(15)11(14)4/h6-7,9H,8,15H2,1-5H3,(H,16,18). The Kier molecular flexibility index (Phi) is 5.36. The predicted octanol–water partition coefficient (Wildman–Crippen LogP) is 1.03. The number of anilines is 1. The van der Waals surface area contributed by atoms with Crippen molar-refractivity contribution < 1.29 is 13.2 Å². The molecule has 0 fully saturated rings. The first kappa shape index (κ1) is 17.5. The van der Waals surface area contributed by atoms with Crippen molar-refractivity contribution in [1.82, 2.24) is 9.62 Å². The van der Waals surface area contributed by atoms with Gasteiger partial charge in [0.25, 0.3) is 0 Å². The maximum atomic E-state index is 12.6. The largest absolute Gasteiger partial charge is 0.398 e. The predicted molar refractivity (Wildman–Crippen MR) is 83.4 cm³/mol. The summed E-state index contributed by atoms with van der Waals surface area (Å²) in [6.45, 7) is 6.78. The van der Waals surface area contributed by atoms with Crippen molar-refractivity contribution >= 4 is 21.6 Å². The fraction of sp³-hybridized carbons (Fsp3) is 0.500. The van der Waals surface area contributed by atoms with Crippen LogP contribution in [0.1, 0.15) is 25.0 Å². The van der Waals surface area contributed by atoms with Crippen molar-refractivity contribution in [2.45, 2.75) is 38.6 Å². The number of nitrogens with one attached hydrogen (secondary N) is 1. The van der Waals surface area contributed by atoms with Crippen LogP contribution in [0.4, 0.5) is 5.69 Å². The molecule has 0 aliphatic heterocycles. The third-order valence-electron chi connectivity index (χ3n) is 3.13. The molecule has 0 heterocycles. The van der Waals surface area contributed by atoms with Crippen molar-refractivity contribution in [3.8, 4) is 0 Å². The van der Waals surface area contributed by atoms with Crippen LogP contribution in [0.2, 0.25) is 0 Å². The summed E-state index contributed by atoms with van der Waals surface area (Å²) >= 11 is 0. The van der Waals surface area contributed by atoms with Crippen LogP contribution in [-0.2, 0) is 14.8 Å². The molecule has 6 nitrogen and oxygen atoms in total. The molecule has 1 rings (SSSR count). The third-order valence-corrected chi connectivity index (χ3v) is 5.22. The Morgan fingerprint density at radius 2 is 1.90 bits per heavy atom. The van der Waals surface area contributed by atoms with Crippen molar-refractivity contribution in [2.24, 2.45) is 0 Å². The molecule has 0 spiro atoms. The molecule has 0 bridgehead atoms. The van der Waals surface area contributed by atoms with Gasteiger partial charge < -0.3 is 11.1 Å². The number of aryl methyl sites for hydroxylation is 1. The van der Waals surface area contributed by atoms with E-state index in [1.54, 1.807) is 26.0 Å². The third kappa shape index (κ3) is 3.95. The summed E-state index contributed by atoms with van der Waals surface area (Å²) in [5.41, 5.74) is 7.32. The number of hydrogen-bond donors (Lipinski definition) is 2. The second-order valence-electron chi connectivity index (χ2n) is 5.41. The maximum absolute atomic E-state index is 12.6. The second kappa shape index (κ2) is 6.44. The molecular formula is C14H23N3O3S. The van der Waals surface area contributed by atoms with Crippen LogP contribution < -0.4 is 11.1 Å². The van der Waals surface area contributed by atoms with E-state index in [1.165, 1.54) is 7.05 Å². The number of rotatable bonds is 5. The van der Waals surface area contributed by atoms with Crippen molar-refractivity contribution in [3.63, 3.8) is 0 Å². The van der Waals surface area contributed by atoms with Gasteiger partial charge in [-0.1, -0.05) is 6.07 Å². The Labute approximate surface area is 126 Å². The van der Waals surface area contributed by atoms with E-state index in [-0.39, 0.29) is 23.4 Å². The SMILES string of the molecule is Cc1ccc(N)c(C)c1S(=O)(=O)N(C)CC(=O)NC(C)C. The molecule has 0 saturated heterocycles. The second-order valence-corrected chi connectivity index (χ2v) is 7.39. The van der Waals surface area contributed by atoms with Gasteiger partial charge in [0, 0.05) is 18.8 Å². The Bertz CT molecular complexity index is 639. The Morgan fingerprint density at radius 3 is 2.43 bits per heavy atom. The van der Waals surface area contributed by atoms with Gasteiger partial charge in [-0.3, -0.25) is 4.79 Å². The highest BCUT2D eigenvalue weighted by atomic mass is 32.2. The quantitative estimate of drug-likeness (QED) is 0.794. The first-order valence-corrected chi connectivity index (χ1v) is 8.12. The van der Waals surface area contributed by atoms with E-state index in [4.69, 9.17) is 5.73 Å². The number of hydrogen-bond acceptors (Lipinski definition) is 4. The number of sulfonamides is 1. The zero-order chi connectivity index (χ0) is 16.4. The van der Waals surface area contributed by atoms with Crippen LogP contribution in [0.25, 0.3) is 0 Å². The van der Waals surface area contributed by atoms with Gasteiger partial charge in [-0.2, -0.15) is 4.31 Å². The summed E-state index contributed by atoms with van der Waals surface area (Å²) in [6, 6.07) is 3.30. The van der Waals surface area contributed by atoms with E-state index in [9.17, 15) is 13.2 Å². The molecule has 0 unspecified atom stereocenters. The minimum Gasteiger partial charge on any atom is -0.398 e. The van der Waals surface area contributed by atoms with E-state index in [0.29, 0.717) is 16.8 Å². The molecule has 1 aromatic carbocycles. The van der Waals surface area contributed by atoms with Crippen molar-refractivity contribution in [3.05, 3.63) is 23.3 Å². The highest BCUT2D eigenvalue weighted by molar-refractivity contribution is 7.89. The summed E-state index contributed by atoms with van der Waals surface area (Å²) in [5.74, 6) is -0.338. The molecule has 0 aromatic heterocycles. The van der Waals surface area contributed by atoms with E-state index in [2.05, 4.69) is 5.32 Å². The minimum atomic E-state index is -3.76. The number of amides is 1. The van der Waals surface area contributed by atoms with Crippen LogP contribution in [0.15, 0.2) is 17.0 Å². The highest BCUT2D eigenvalue weighted by Crippen LogP contribution is 2.26. The molecule has 0 saturated carbocycles. The van der Waals surface area contributed by atoms with E-state index in [1.807, 2.05) is 13.8 Å². The molecule has 0 aliphatic rings. The topological polar surface area (TPSA) is 92.5 Å². The molecule has 0 radical (unpaired) electrons. The normalized spacial score (nSPS) is 12.0. The molecule has 3 N–H and O–H groups in total. The van der Waals surface area contributed by atoms with Gasteiger partial charge in [-0.25, -0.2) is 8.42 Å². The fourth-order valence-corrected chi connectivity index (χ4v) is 3.63. The molecule has 118 valence electrons. The number of nitrogens with two attached hydrogens (primary N) is 1. The molecular weight excluding hydrogens is 290 g/mol. The number of nitrogen functional groups attached to an aromatic ring is 1. The number of benzene rings is 1. The molecule has 1 amide bonds. The Hall–Kier alpha value is -1.60. The van der Waals surface area contributed by atoms with Crippen molar-refractivity contribution in [2.75, 3.05) is 19.3 Å². The molecule has 7 heteroatoms. The van der Waals surface area contributed by atoms with E-state index < -0.39 is 10.0 Å². The average molecular weight is 313 g/mol. The van der Waals surface area contributed by atoms with Gasteiger partial charge in [0.15, 0.2) is 0 Å². The lowest BCUT2D eigenvalue weighted by Gasteiger charge is -2.21. The summed E-state index contributed by atoms with van der Waals surface area (Å²) < 4.78 is 26.3. The summed E-state index contributed by atoms with van der Waals surface area (Å²) in [7, 11) is -2.37.